The maximum atomic E-state index is 13.0. The van der Waals surface area contributed by atoms with Gasteiger partial charge in [-0.05, 0) is 12.1 Å². The maximum Gasteiger partial charge on any atom is 0.513 e. The lowest BCUT2D eigenvalue weighted by molar-refractivity contribution is -0.809. The molecule has 1 aliphatic heterocycles. The first-order valence-corrected chi connectivity index (χ1v) is 12.4. The molecule has 0 N–H and O–H groups in total. The Labute approximate surface area is 192 Å². The summed E-state index contributed by atoms with van der Waals surface area (Å²) in [5.41, 5.74) is 1.08. The van der Waals surface area contributed by atoms with Crippen molar-refractivity contribution in [3.05, 3.63) is 35.6 Å². The molecule has 0 aliphatic carbocycles. The van der Waals surface area contributed by atoms with Crippen molar-refractivity contribution in [3.63, 3.8) is 0 Å². The fraction of sp³-hybridized carbons (Fsp3) is 0.417. The highest BCUT2D eigenvalue weighted by atomic mass is 80.0. The quantitative estimate of drug-likeness (QED) is 0.282. The SMILES string of the molecule is Br[B-](Br)(Br)Br.C[N+](C)=C1C[N+](C)(Cc2ccc(F)cc2)[B-](Br)(Br)O1. The minimum absolute atomic E-state index is 0.209. The Balaban J connectivity index is 0.000000505. The van der Waals surface area contributed by atoms with E-state index in [9.17, 15) is 4.39 Å². The predicted molar refractivity (Wildman–Crippen MR) is 124 cm³/mol. The molecule has 1 saturated heterocycles. The van der Waals surface area contributed by atoms with Gasteiger partial charge in [-0.15, -0.1) is 0 Å². The molecule has 0 spiro atoms. The van der Waals surface area contributed by atoms with Crippen LogP contribution < -0.4 is 0 Å². The summed E-state index contributed by atoms with van der Waals surface area (Å²) in [5.74, 6) is 0.720. The summed E-state index contributed by atoms with van der Waals surface area (Å²) in [5, 5.41) is 0. The van der Waals surface area contributed by atoms with Gasteiger partial charge < -0.3 is 72.1 Å². The largest absolute Gasteiger partial charge is 0.598 e. The van der Waals surface area contributed by atoms with E-state index in [1.807, 2.05) is 30.8 Å². The van der Waals surface area contributed by atoms with E-state index in [-0.39, 0.29) is 5.82 Å². The van der Waals surface area contributed by atoms with Crippen LogP contribution in [0.15, 0.2) is 24.3 Å². The number of halogens is 7. The highest BCUT2D eigenvalue weighted by Crippen LogP contribution is 2.39. The molecular formula is C12H17B2Br6FN2O. The van der Waals surface area contributed by atoms with Crippen molar-refractivity contribution in [1.82, 2.24) is 0 Å². The molecule has 0 bridgehead atoms. The molecule has 1 fully saturated rings. The van der Waals surface area contributed by atoms with Crippen LogP contribution in [-0.2, 0) is 11.2 Å². The van der Waals surface area contributed by atoms with Crippen LogP contribution in [0.4, 0.5) is 4.39 Å². The molecule has 1 atom stereocenters. The molecule has 136 valence electrons. The Kier molecular flexibility index (Phi) is 9.05. The lowest BCUT2D eigenvalue weighted by Gasteiger charge is -2.43. The second-order valence-corrected chi connectivity index (χ2v) is 22.5. The number of rotatable bonds is 2. The Morgan fingerprint density at radius 2 is 1.62 bits per heavy atom. The summed E-state index contributed by atoms with van der Waals surface area (Å²) in [7, 11) is 6.05. The van der Waals surface area contributed by atoms with Gasteiger partial charge in [0.05, 0.1) is 6.54 Å². The molecule has 12 heteroatoms. The lowest BCUT2D eigenvalue weighted by Crippen LogP contribution is -2.55. The third-order valence-corrected chi connectivity index (χ3v) is 5.81. The van der Waals surface area contributed by atoms with Crippen molar-refractivity contribution in [3.8, 4) is 0 Å². The predicted octanol–water partition coefficient (Wildman–Crippen LogP) is 5.70. The Morgan fingerprint density at radius 1 is 1.17 bits per heavy atom. The van der Waals surface area contributed by atoms with E-state index in [1.165, 1.54) is 12.1 Å². The zero-order chi connectivity index (χ0) is 18.8. The molecule has 0 aromatic heterocycles. The number of likely N-dealkylation sites (N-methyl/N-ethyl adjacent to an activating group) is 1. The highest BCUT2D eigenvalue weighted by molar-refractivity contribution is 9.90. The molecule has 24 heavy (non-hydrogen) atoms. The van der Waals surface area contributed by atoms with Crippen LogP contribution in [-0.4, -0.2) is 48.1 Å². The van der Waals surface area contributed by atoms with Crippen molar-refractivity contribution in [2.75, 3.05) is 27.7 Å². The summed E-state index contributed by atoms with van der Waals surface area (Å²) in [6, 6.07) is 6.62. The Morgan fingerprint density at radius 3 is 2.00 bits per heavy atom. The second-order valence-electron chi connectivity index (χ2n) is 5.88. The molecule has 1 aromatic rings. The van der Waals surface area contributed by atoms with Gasteiger partial charge >= 0.3 is 10.0 Å². The number of nitrogens with zero attached hydrogens (tertiary/aromatic N) is 2. The minimum atomic E-state index is -1.36. The second kappa shape index (κ2) is 9.19. The number of benzene rings is 1. The van der Waals surface area contributed by atoms with E-state index in [2.05, 4.69) is 102 Å². The van der Waals surface area contributed by atoms with E-state index in [0.717, 1.165) is 24.6 Å². The first-order valence-electron chi connectivity index (χ1n) is 6.92. The summed E-state index contributed by atoms with van der Waals surface area (Å²) in [6.07, 6.45) is 0. The van der Waals surface area contributed by atoms with Crippen molar-refractivity contribution in [1.29, 1.82) is 0 Å². The van der Waals surface area contributed by atoms with Crippen molar-refractivity contribution >= 4 is 106 Å². The van der Waals surface area contributed by atoms with Gasteiger partial charge in [-0.25, -0.2) is 40.5 Å². The number of hydrogen-bond acceptors (Lipinski definition) is 1. The van der Waals surface area contributed by atoms with Crippen LogP contribution in [0.5, 0.6) is 0 Å². The fourth-order valence-electron chi connectivity index (χ4n) is 2.16. The Hall–Kier alpha value is 1.59. The van der Waals surface area contributed by atoms with Crippen molar-refractivity contribution in [2.45, 2.75) is 6.54 Å². The molecule has 1 unspecified atom stereocenters. The van der Waals surface area contributed by atoms with Crippen LogP contribution >= 0.6 is 94.5 Å². The van der Waals surface area contributed by atoms with Gasteiger partial charge in [0.1, 0.15) is 19.9 Å². The van der Waals surface area contributed by atoms with E-state index in [0.29, 0.717) is 4.39 Å². The number of hydrogen-bond donors (Lipinski definition) is 0. The van der Waals surface area contributed by atoms with Gasteiger partial charge in [0.2, 0.25) is 1.44 Å². The zero-order valence-electron chi connectivity index (χ0n) is 13.3. The minimum Gasteiger partial charge on any atom is -0.598 e. The summed E-state index contributed by atoms with van der Waals surface area (Å²) < 4.78 is 19.4. The smallest absolute Gasteiger partial charge is 0.513 e. The van der Waals surface area contributed by atoms with Crippen LogP contribution in [0.1, 0.15) is 5.56 Å². The molecule has 0 saturated carbocycles. The van der Waals surface area contributed by atoms with E-state index in [4.69, 9.17) is 4.65 Å². The van der Waals surface area contributed by atoms with E-state index in [1.54, 1.807) is 0 Å². The van der Waals surface area contributed by atoms with Crippen LogP contribution in [0.3, 0.4) is 0 Å². The van der Waals surface area contributed by atoms with E-state index < -0.39 is 5.57 Å². The van der Waals surface area contributed by atoms with Crippen LogP contribution in [0, 0.1) is 5.82 Å². The van der Waals surface area contributed by atoms with Gasteiger partial charge in [-0.1, -0.05) is 12.1 Å². The van der Waals surface area contributed by atoms with Crippen LogP contribution in [0.2, 0.25) is 0 Å². The molecule has 1 aromatic carbocycles. The van der Waals surface area contributed by atoms with Gasteiger partial charge in [0.15, 0.2) is 6.54 Å². The first-order chi connectivity index (χ1) is 10.7. The van der Waals surface area contributed by atoms with Gasteiger partial charge in [0.25, 0.3) is 0 Å². The maximum absolute atomic E-state index is 13.0. The van der Waals surface area contributed by atoms with Gasteiger partial charge in [0, 0.05) is 12.6 Å². The molecule has 1 heterocycles. The lowest BCUT2D eigenvalue weighted by atomic mass is 10.1. The van der Waals surface area contributed by atoms with E-state index >= 15 is 0 Å². The first kappa shape index (κ1) is 23.6. The third kappa shape index (κ3) is 7.68. The molecular weight excluding hydrogens is 708 g/mol. The summed E-state index contributed by atoms with van der Waals surface area (Å²) in [6.45, 7) is 1.54. The average molecular weight is 725 g/mol. The summed E-state index contributed by atoms with van der Waals surface area (Å²) in [4.78, 5) is 0. The van der Waals surface area contributed by atoms with Crippen molar-refractivity contribution < 1.29 is 18.0 Å². The van der Waals surface area contributed by atoms with Gasteiger partial charge in [-0.2, -0.15) is 0 Å². The highest BCUT2D eigenvalue weighted by Gasteiger charge is 2.52. The molecule has 0 amide bonds. The number of quaternary nitrogens is 1. The topological polar surface area (TPSA) is 12.2 Å². The molecule has 3 nitrogen and oxygen atoms in total. The zero-order valence-corrected chi connectivity index (χ0v) is 22.8. The monoisotopic (exact) mass is 720 g/mol. The summed E-state index contributed by atoms with van der Waals surface area (Å²) >= 11 is 20.1. The Bertz CT molecular complexity index is 601. The average Bonchev–Trinajstić information content (AvgIpc) is 2.61. The standard InChI is InChI=1S/C12H17BBr2FN2O.BBr4/c1-17(2)12-9-18(3,13(14,15)19-12)8-10-4-6-11(16)7-5-10;2-1(3,4)5/h4-7H,8-9H2,1-3H3;/q+1;-1. The van der Waals surface area contributed by atoms with Crippen molar-refractivity contribution in [2.24, 2.45) is 0 Å². The molecule has 0 radical (unpaired) electrons. The van der Waals surface area contributed by atoms with Crippen LogP contribution in [0.25, 0.3) is 0 Å². The van der Waals surface area contributed by atoms with Gasteiger partial charge in [-0.3, -0.25) is 0 Å². The molecule has 1 aliphatic rings. The molecule has 2 rings (SSSR count). The normalized spacial score (nSPS) is 22.5. The third-order valence-electron chi connectivity index (χ3n) is 3.46. The fourth-order valence-corrected chi connectivity index (χ4v) is 3.17.